The van der Waals surface area contributed by atoms with Gasteiger partial charge in [0.2, 0.25) is 0 Å². The van der Waals surface area contributed by atoms with Crippen LogP contribution in [0.15, 0.2) is 103 Å². The first-order valence-electron chi connectivity index (χ1n) is 10.8. The summed E-state index contributed by atoms with van der Waals surface area (Å²) in [7, 11) is 5.52. The van der Waals surface area contributed by atoms with Crippen molar-refractivity contribution < 1.29 is 9.47 Å². The normalized spacial score (nSPS) is 10.8. The molecular weight excluding hydrogens is 394 g/mol. The lowest BCUT2D eigenvalue weighted by atomic mass is 9.85. The zero-order valence-electron chi connectivity index (χ0n) is 18.9. The Bertz CT molecular complexity index is 1060. The van der Waals surface area contributed by atoms with Gasteiger partial charge in [-0.1, -0.05) is 66.7 Å². The first-order valence-corrected chi connectivity index (χ1v) is 10.8. The van der Waals surface area contributed by atoms with E-state index in [4.69, 9.17) is 9.47 Å². The molecule has 0 N–H and O–H groups in total. The number of methoxy groups -OCH3 is 2. The minimum absolute atomic E-state index is 0.125. The van der Waals surface area contributed by atoms with Gasteiger partial charge < -0.3 is 14.4 Å². The van der Waals surface area contributed by atoms with Gasteiger partial charge in [0.25, 0.3) is 0 Å². The van der Waals surface area contributed by atoms with Crippen LogP contribution in [0.25, 0.3) is 0 Å². The van der Waals surface area contributed by atoms with Gasteiger partial charge in [-0.2, -0.15) is 0 Å². The van der Waals surface area contributed by atoms with Gasteiger partial charge in [0, 0.05) is 25.2 Å². The van der Waals surface area contributed by atoms with E-state index in [1.165, 1.54) is 27.9 Å². The Labute approximate surface area is 190 Å². The van der Waals surface area contributed by atoms with E-state index in [1.54, 1.807) is 14.2 Å². The molecule has 0 aliphatic heterocycles. The smallest absolute Gasteiger partial charge is 0.118 e. The van der Waals surface area contributed by atoms with E-state index in [1.807, 2.05) is 24.3 Å². The maximum atomic E-state index is 5.36. The van der Waals surface area contributed by atoms with Crippen LogP contribution in [-0.4, -0.2) is 21.3 Å². The van der Waals surface area contributed by atoms with E-state index in [9.17, 15) is 0 Å². The van der Waals surface area contributed by atoms with Crippen molar-refractivity contribution in [2.75, 3.05) is 26.2 Å². The Morgan fingerprint density at radius 3 is 1.47 bits per heavy atom. The van der Waals surface area contributed by atoms with Crippen LogP contribution in [0.1, 0.15) is 28.2 Å². The third-order valence-corrected chi connectivity index (χ3v) is 5.83. The van der Waals surface area contributed by atoms with Crippen LogP contribution in [0.2, 0.25) is 0 Å². The van der Waals surface area contributed by atoms with Crippen molar-refractivity contribution in [1.29, 1.82) is 0 Å². The second kappa shape index (κ2) is 10.1. The summed E-state index contributed by atoms with van der Waals surface area (Å²) in [5, 5.41) is 0. The van der Waals surface area contributed by atoms with Crippen molar-refractivity contribution in [3.63, 3.8) is 0 Å². The standard InChI is InChI=1S/C29H29NO2/c1-30(21-22-7-5-4-6-8-22)26-15-9-23(10-16-26)29(24-11-17-27(31-2)18-12-24)25-13-19-28(32-3)20-14-25/h4-20,29H,21H2,1-3H3. The van der Waals surface area contributed by atoms with E-state index in [0.717, 1.165) is 18.0 Å². The van der Waals surface area contributed by atoms with Crippen molar-refractivity contribution >= 4 is 5.69 Å². The summed E-state index contributed by atoms with van der Waals surface area (Å²) in [5.41, 5.74) is 6.19. The fourth-order valence-corrected chi connectivity index (χ4v) is 4.04. The highest BCUT2D eigenvalue weighted by Gasteiger charge is 2.17. The van der Waals surface area contributed by atoms with Crippen molar-refractivity contribution in [1.82, 2.24) is 0 Å². The van der Waals surface area contributed by atoms with Crippen molar-refractivity contribution in [3.8, 4) is 11.5 Å². The first-order chi connectivity index (χ1) is 15.7. The van der Waals surface area contributed by atoms with Crippen molar-refractivity contribution in [2.45, 2.75) is 12.5 Å². The summed E-state index contributed by atoms with van der Waals surface area (Å²) >= 11 is 0. The van der Waals surface area contributed by atoms with Crippen LogP contribution < -0.4 is 14.4 Å². The second-order valence-corrected chi connectivity index (χ2v) is 7.91. The van der Waals surface area contributed by atoms with Crippen LogP contribution >= 0.6 is 0 Å². The summed E-state index contributed by atoms with van der Waals surface area (Å²) in [6.07, 6.45) is 0. The molecule has 0 aliphatic rings. The van der Waals surface area contributed by atoms with E-state index in [-0.39, 0.29) is 5.92 Å². The summed E-state index contributed by atoms with van der Waals surface area (Å²) in [5.74, 6) is 1.85. The highest BCUT2D eigenvalue weighted by atomic mass is 16.5. The molecule has 0 atom stereocenters. The number of hydrogen-bond donors (Lipinski definition) is 0. The number of benzene rings is 4. The average molecular weight is 424 g/mol. The molecule has 4 aromatic rings. The van der Waals surface area contributed by atoms with E-state index >= 15 is 0 Å². The zero-order valence-corrected chi connectivity index (χ0v) is 18.9. The SMILES string of the molecule is COc1ccc(C(c2ccc(OC)cc2)c2ccc(N(C)Cc3ccccc3)cc2)cc1. The van der Waals surface area contributed by atoms with Gasteiger partial charge in [-0.3, -0.25) is 0 Å². The predicted octanol–water partition coefficient (Wildman–Crippen LogP) is 6.52. The molecule has 3 heteroatoms. The summed E-state index contributed by atoms with van der Waals surface area (Å²) in [4.78, 5) is 2.27. The topological polar surface area (TPSA) is 21.7 Å². The van der Waals surface area contributed by atoms with Gasteiger partial charge in [-0.25, -0.2) is 0 Å². The largest absolute Gasteiger partial charge is 0.497 e. The van der Waals surface area contributed by atoms with Crippen molar-refractivity contribution in [3.05, 3.63) is 125 Å². The van der Waals surface area contributed by atoms with Gasteiger partial charge >= 0.3 is 0 Å². The molecule has 0 radical (unpaired) electrons. The predicted molar refractivity (Wildman–Crippen MR) is 132 cm³/mol. The summed E-state index contributed by atoms with van der Waals surface area (Å²) in [6.45, 7) is 0.876. The molecule has 162 valence electrons. The minimum atomic E-state index is 0.125. The molecule has 32 heavy (non-hydrogen) atoms. The minimum Gasteiger partial charge on any atom is -0.497 e. The van der Waals surface area contributed by atoms with E-state index in [2.05, 4.69) is 90.8 Å². The molecular formula is C29H29NO2. The second-order valence-electron chi connectivity index (χ2n) is 7.91. The molecule has 4 aromatic carbocycles. The lowest BCUT2D eigenvalue weighted by molar-refractivity contribution is 0.414. The zero-order chi connectivity index (χ0) is 22.3. The lowest BCUT2D eigenvalue weighted by Crippen LogP contribution is -2.16. The third-order valence-electron chi connectivity index (χ3n) is 5.83. The molecule has 0 spiro atoms. The van der Waals surface area contributed by atoms with Gasteiger partial charge in [0.1, 0.15) is 11.5 Å². The first kappa shape index (κ1) is 21.5. The molecule has 0 bridgehead atoms. The van der Waals surface area contributed by atoms with Gasteiger partial charge in [0.05, 0.1) is 14.2 Å². The van der Waals surface area contributed by atoms with Crippen molar-refractivity contribution in [2.24, 2.45) is 0 Å². The third kappa shape index (κ3) is 4.94. The van der Waals surface area contributed by atoms with E-state index < -0.39 is 0 Å². The van der Waals surface area contributed by atoms with Crippen LogP contribution in [-0.2, 0) is 6.54 Å². The summed E-state index contributed by atoms with van der Waals surface area (Å²) in [6, 6.07) is 36.1. The molecule has 0 unspecified atom stereocenters. The average Bonchev–Trinajstić information content (AvgIpc) is 2.86. The Hall–Kier alpha value is -3.72. The highest BCUT2D eigenvalue weighted by molar-refractivity contribution is 5.52. The fraction of sp³-hybridized carbons (Fsp3) is 0.172. The van der Waals surface area contributed by atoms with Crippen LogP contribution in [0.4, 0.5) is 5.69 Å². The fourth-order valence-electron chi connectivity index (χ4n) is 4.04. The van der Waals surface area contributed by atoms with Crippen LogP contribution in [0, 0.1) is 0 Å². The van der Waals surface area contributed by atoms with Gasteiger partial charge in [-0.05, 0) is 58.7 Å². The Balaban J connectivity index is 1.64. The number of hydrogen-bond acceptors (Lipinski definition) is 3. The molecule has 0 amide bonds. The Morgan fingerprint density at radius 2 is 1.03 bits per heavy atom. The quantitative estimate of drug-likeness (QED) is 0.301. The summed E-state index contributed by atoms with van der Waals surface area (Å²) < 4.78 is 10.7. The highest BCUT2D eigenvalue weighted by Crippen LogP contribution is 2.34. The number of ether oxygens (including phenoxy) is 2. The maximum Gasteiger partial charge on any atom is 0.118 e. The Kier molecular flexibility index (Phi) is 6.76. The number of anilines is 1. The monoisotopic (exact) mass is 423 g/mol. The molecule has 0 aliphatic carbocycles. The number of rotatable bonds is 8. The molecule has 0 saturated carbocycles. The van der Waals surface area contributed by atoms with E-state index in [0.29, 0.717) is 0 Å². The molecule has 0 heterocycles. The number of nitrogens with zero attached hydrogens (tertiary/aromatic N) is 1. The molecule has 0 fully saturated rings. The van der Waals surface area contributed by atoms with Crippen LogP contribution in [0.5, 0.6) is 11.5 Å². The molecule has 0 aromatic heterocycles. The van der Waals surface area contributed by atoms with Gasteiger partial charge in [0.15, 0.2) is 0 Å². The maximum absolute atomic E-state index is 5.36. The van der Waals surface area contributed by atoms with Gasteiger partial charge in [-0.15, -0.1) is 0 Å². The Morgan fingerprint density at radius 1 is 0.594 bits per heavy atom. The molecule has 4 rings (SSSR count). The molecule has 3 nitrogen and oxygen atoms in total. The lowest BCUT2D eigenvalue weighted by Gasteiger charge is -2.23. The van der Waals surface area contributed by atoms with Crippen LogP contribution in [0.3, 0.4) is 0 Å². The molecule has 0 saturated heterocycles.